The average molecular weight is 238 g/mol. The number of hydrogen-bond donors (Lipinski definition) is 0. The van der Waals surface area contributed by atoms with E-state index in [1.165, 1.54) is 0 Å². The van der Waals surface area contributed by atoms with E-state index in [1.54, 1.807) is 10.9 Å². The van der Waals surface area contributed by atoms with Crippen LogP contribution in [-0.2, 0) is 0 Å². The minimum atomic E-state index is 0.830. The number of pyridine rings is 1. The minimum absolute atomic E-state index is 0.830. The summed E-state index contributed by atoms with van der Waals surface area (Å²) in [5.41, 5.74) is 1.13. The molecule has 2 rings (SSSR count). The van der Waals surface area contributed by atoms with Crippen LogP contribution < -0.4 is 0 Å². The highest BCUT2D eigenvalue weighted by molar-refractivity contribution is 9.10. The lowest BCUT2D eigenvalue weighted by molar-refractivity contribution is 0.846. The Morgan fingerprint density at radius 2 is 2.15 bits per heavy atom. The first-order valence-corrected chi connectivity index (χ1v) is 4.68. The van der Waals surface area contributed by atoms with Gasteiger partial charge in [-0.25, -0.2) is 9.67 Å². The maximum atomic E-state index is 4.22. The van der Waals surface area contributed by atoms with Crippen molar-refractivity contribution >= 4 is 15.9 Å². The lowest BCUT2D eigenvalue weighted by Gasteiger charge is -1.98. The molecule has 2 heterocycles. The Balaban J connectivity index is 2.41. The van der Waals surface area contributed by atoms with E-state index in [2.05, 4.69) is 26.0 Å². The standard InChI is InChI=1S/C9H8BrN3/c1-7-4-12-13(6-7)9-3-2-8(10)5-11-9/h2-6H,1H3. The van der Waals surface area contributed by atoms with Gasteiger partial charge in [-0.15, -0.1) is 0 Å². The van der Waals surface area contributed by atoms with Crippen LogP contribution in [0, 0.1) is 6.92 Å². The van der Waals surface area contributed by atoms with Gasteiger partial charge in [-0.05, 0) is 40.5 Å². The third kappa shape index (κ3) is 1.78. The van der Waals surface area contributed by atoms with E-state index in [1.807, 2.05) is 31.5 Å². The normalized spacial score (nSPS) is 10.3. The van der Waals surface area contributed by atoms with Crippen LogP contribution in [0.5, 0.6) is 0 Å². The van der Waals surface area contributed by atoms with Gasteiger partial charge in [-0.2, -0.15) is 5.10 Å². The van der Waals surface area contributed by atoms with Crippen molar-refractivity contribution in [3.63, 3.8) is 0 Å². The number of rotatable bonds is 1. The predicted molar refractivity (Wildman–Crippen MR) is 53.8 cm³/mol. The van der Waals surface area contributed by atoms with Gasteiger partial charge in [-0.3, -0.25) is 0 Å². The summed E-state index contributed by atoms with van der Waals surface area (Å²) in [5.74, 6) is 0.830. The van der Waals surface area contributed by atoms with Gasteiger partial charge in [0.05, 0.1) is 6.20 Å². The number of halogens is 1. The molecule has 4 heteroatoms. The molecule has 0 aliphatic heterocycles. The third-order valence-corrected chi connectivity index (χ3v) is 2.13. The zero-order chi connectivity index (χ0) is 9.26. The molecule has 0 atom stereocenters. The van der Waals surface area contributed by atoms with Crippen molar-refractivity contribution in [1.29, 1.82) is 0 Å². The molecule has 0 bridgehead atoms. The fourth-order valence-corrected chi connectivity index (χ4v) is 1.28. The van der Waals surface area contributed by atoms with Crippen LogP contribution in [0.1, 0.15) is 5.56 Å². The fraction of sp³-hybridized carbons (Fsp3) is 0.111. The molecule has 2 aromatic heterocycles. The van der Waals surface area contributed by atoms with E-state index >= 15 is 0 Å². The molecular formula is C9H8BrN3. The predicted octanol–water partition coefficient (Wildman–Crippen LogP) is 2.34. The van der Waals surface area contributed by atoms with Crippen LogP contribution in [-0.4, -0.2) is 14.8 Å². The molecule has 0 aromatic carbocycles. The molecule has 0 aliphatic carbocycles. The first-order valence-electron chi connectivity index (χ1n) is 3.89. The van der Waals surface area contributed by atoms with Gasteiger partial charge >= 0.3 is 0 Å². The molecule has 13 heavy (non-hydrogen) atoms. The van der Waals surface area contributed by atoms with Gasteiger partial charge in [0.25, 0.3) is 0 Å². The monoisotopic (exact) mass is 237 g/mol. The van der Waals surface area contributed by atoms with Crippen LogP contribution in [0.2, 0.25) is 0 Å². The lowest BCUT2D eigenvalue weighted by atomic mass is 10.4. The minimum Gasteiger partial charge on any atom is -0.236 e. The van der Waals surface area contributed by atoms with Crippen molar-refractivity contribution in [3.05, 3.63) is 40.8 Å². The Labute approximate surface area is 84.5 Å². The SMILES string of the molecule is Cc1cnn(-c2ccc(Br)cn2)c1. The molecule has 0 spiro atoms. The topological polar surface area (TPSA) is 30.7 Å². The second kappa shape index (κ2) is 3.30. The summed E-state index contributed by atoms with van der Waals surface area (Å²) < 4.78 is 2.72. The molecule has 0 amide bonds. The zero-order valence-corrected chi connectivity index (χ0v) is 8.69. The Hall–Kier alpha value is -1.16. The quantitative estimate of drug-likeness (QED) is 0.763. The molecule has 0 saturated carbocycles. The molecule has 0 saturated heterocycles. The number of aryl methyl sites for hydroxylation is 1. The molecule has 2 aromatic rings. The highest BCUT2D eigenvalue weighted by Gasteiger charge is 1.98. The first kappa shape index (κ1) is 8.44. The molecule has 0 unspecified atom stereocenters. The smallest absolute Gasteiger partial charge is 0.153 e. The maximum absolute atomic E-state index is 4.22. The lowest BCUT2D eigenvalue weighted by Crippen LogP contribution is -1.96. The second-order valence-electron chi connectivity index (χ2n) is 2.80. The van der Waals surface area contributed by atoms with E-state index in [0.717, 1.165) is 15.9 Å². The molecular weight excluding hydrogens is 230 g/mol. The van der Waals surface area contributed by atoms with Gasteiger partial charge in [0.2, 0.25) is 0 Å². The van der Waals surface area contributed by atoms with Crippen molar-refractivity contribution in [2.24, 2.45) is 0 Å². The summed E-state index contributed by atoms with van der Waals surface area (Å²) in [4.78, 5) is 4.22. The zero-order valence-electron chi connectivity index (χ0n) is 7.11. The summed E-state index contributed by atoms with van der Waals surface area (Å²) >= 11 is 3.33. The Bertz CT molecular complexity index is 405. The van der Waals surface area contributed by atoms with Crippen molar-refractivity contribution < 1.29 is 0 Å². The molecule has 66 valence electrons. The number of hydrogen-bond acceptors (Lipinski definition) is 2. The van der Waals surface area contributed by atoms with Crippen molar-refractivity contribution in [3.8, 4) is 5.82 Å². The number of aromatic nitrogens is 3. The fourth-order valence-electron chi connectivity index (χ4n) is 1.04. The Kier molecular flexibility index (Phi) is 2.14. The van der Waals surface area contributed by atoms with Crippen molar-refractivity contribution in [2.75, 3.05) is 0 Å². The highest BCUT2D eigenvalue weighted by Crippen LogP contribution is 2.10. The van der Waals surface area contributed by atoms with Crippen molar-refractivity contribution in [2.45, 2.75) is 6.92 Å². The summed E-state index contributed by atoms with van der Waals surface area (Å²) in [6, 6.07) is 3.86. The maximum Gasteiger partial charge on any atom is 0.153 e. The summed E-state index contributed by atoms with van der Waals surface area (Å²) in [5, 5.41) is 4.15. The van der Waals surface area contributed by atoms with E-state index in [9.17, 15) is 0 Å². The van der Waals surface area contributed by atoms with Gasteiger partial charge in [-0.1, -0.05) is 0 Å². The summed E-state index contributed by atoms with van der Waals surface area (Å²) in [7, 11) is 0. The van der Waals surface area contributed by atoms with E-state index in [4.69, 9.17) is 0 Å². The largest absolute Gasteiger partial charge is 0.236 e. The van der Waals surface area contributed by atoms with Crippen LogP contribution >= 0.6 is 15.9 Å². The molecule has 0 radical (unpaired) electrons. The van der Waals surface area contributed by atoms with Gasteiger partial charge in [0, 0.05) is 16.9 Å². The van der Waals surface area contributed by atoms with Crippen LogP contribution in [0.15, 0.2) is 35.2 Å². The van der Waals surface area contributed by atoms with Gasteiger partial charge < -0.3 is 0 Å². The Morgan fingerprint density at radius 1 is 1.31 bits per heavy atom. The average Bonchev–Trinajstić information content (AvgIpc) is 2.53. The number of nitrogens with zero attached hydrogens (tertiary/aromatic N) is 3. The van der Waals surface area contributed by atoms with E-state index in [-0.39, 0.29) is 0 Å². The van der Waals surface area contributed by atoms with E-state index in [0.29, 0.717) is 0 Å². The molecule has 0 aliphatic rings. The third-order valence-electron chi connectivity index (χ3n) is 1.66. The summed E-state index contributed by atoms with van der Waals surface area (Å²) in [6.07, 6.45) is 5.51. The van der Waals surface area contributed by atoms with Gasteiger partial charge in [0.15, 0.2) is 5.82 Å². The second-order valence-corrected chi connectivity index (χ2v) is 3.71. The highest BCUT2D eigenvalue weighted by atomic mass is 79.9. The Morgan fingerprint density at radius 3 is 2.69 bits per heavy atom. The molecule has 0 N–H and O–H groups in total. The molecule has 0 fully saturated rings. The van der Waals surface area contributed by atoms with Crippen LogP contribution in [0.4, 0.5) is 0 Å². The summed E-state index contributed by atoms with van der Waals surface area (Å²) in [6.45, 7) is 2.00. The van der Waals surface area contributed by atoms with E-state index < -0.39 is 0 Å². The molecule has 3 nitrogen and oxygen atoms in total. The van der Waals surface area contributed by atoms with Crippen molar-refractivity contribution in [1.82, 2.24) is 14.8 Å². The van der Waals surface area contributed by atoms with Crippen LogP contribution in [0.25, 0.3) is 5.82 Å². The van der Waals surface area contributed by atoms with Gasteiger partial charge in [0.1, 0.15) is 0 Å². The first-order chi connectivity index (χ1) is 6.25. The van der Waals surface area contributed by atoms with Crippen LogP contribution in [0.3, 0.4) is 0 Å².